The summed E-state index contributed by atoms with van der Waals surface area (Å²) in [6.07, 6.45) is 6.66. The smallest absolute Gasteiger partial charge is 0.165 e. The van der Waals surface area contributed by atoms with Gasteiger partial charge in [-0.15, -0.1) is 0 Å². The van der Waals surface area contributed by atoms with Crippen LogP contribution in [0.5, 0.6) is 0 Å². The molecule has 1 saturated carbocycles. The fraction of sp³-hybridized carbons (Fsp3) is 0.583. The van der Waals surface area contributed by atoms with Gasteiger partial charge < -0.3 is 5.32 Å². The van der Waals surface area contributed by atoms with Gasteiger partial charge in [0.05, 0.1) is 0 Å². The van der Waals surface area contributed by atoms with Crippen molar-refractivity contribution in [1.29, 1.82) is 0 Å². The van der Waals surface area contributed by atoms with Crippen molar-refractivity contribution in [3.05, 3.63) is 24.1 Å². The molecule has 15 heavy (non-hydrogen) atoms. The van der Waals surface area contributed by atoms with Crippen molar-refractivity contribution in [2.75, 3.05) is 11.9 Å². The molecule has 0 saturated heterocycles. The second kappa shape index (κ2) is 4.17. The predicted molar refractivity (Wildman–Crippen MR) is 59.3 cm³/mol. The lowest BCUT2D eigenvalue weighted by molar-refractivity contribution is 0.361. The molecule has 1 N–H and O–H groups in total. The normalized spacial score (nSPS) is 19.1. The first-order valence-corrected chi connectivity index (χ1v) is 5.54. The molecule has 1 aliphatic rings. The quantitative estimate of drug-likeness (QED) is 0.825. The second-order valence-electron chi connectivity index (χ2n) is 4.71. The Hall–Kier alpha value is -1.12. The van der Waals surface area contributed by atoms with Crippen LogP contribution in [0.4, 0.5) is 10.2 Å². The zero-order valence-corrected chi connectivity index (χ0v) is 9.09. The summed E-state index contributed by atoms with van der Waals surface area (Å²) in [4.78, 5) is 3.98. The lowest BCUT2D eigenvalue weighted by Crippen LogP contribution is -2.23. The fourth-order valence-corrected chi connectivity index (χ4v) is 2.22. The van der Waals surface area contributed by atoms with Gasteiger partial charge in [0.25, 0.3) is 0 Å². The Kier molecular flexibility index (Phi) is 2.89. The Morgan fingerprint density at radius 2 is 2.20 bits per heavy atom. The summed E-state index contributed by atoms with van der Waals surface area (Å²) < 4.78 is 13.3. The molecule has 0 atom stereocenters. The first kappa shape index (κ1) is 10.4. The highest BCUT2D eigenvalue weighted by Crippen LogP contribution is 2.37. The lowest BCUT2D eigenvalue weighted by atomic mass is 9.89. The molecule has 0 bridgehead atoms. The van der Waals surface area contributed by atoms with E-state index in [2.05, 4.69) is 17.2 Å². The molecule has 1 aromatic heterocycles. The van der Waals surface area contributed by atoms with Gasteiger partial charge in [-0.05, 0) is 30.4 Å². The molecule has 0 amide bonds. The Labute approximate surface area is 89.9 Å². The summed E-state index contributed by atoms with van der Waals surface area (Å²) in [5.74, 6) is 0.115. The van der Waals surface area contributed by atoms with E-state index in [9.17, 15) is 4.39 Å². The maximum Gasteiger partial charge on any atom is 0.165 e. The van der Waals surface area contributed by atoms with Crippen LogP contribution in [0.1, 0.15) is 32.6 Å². The molecule has 0 aliphatic heterocycles. The molecule has 1 aromatic rings. The van der Waals surface area contributed by atoms with Crippen LogP contribution in [0.15, 0.2) is 18.3 Å². The van der Waals surface area contributed by atoms with Crippen LogP contribution < -0.4 is 5.32 Å². The third-order valence-corrected chi connectivity index (χ3v) is 3.25. The van der Waals surface area contributed by atoms with E-state index in [1.807, 2.05) is 0 Å². The molecule has 0 unspecified atom stereocenters. The number of nitrogens with zero attached hydrogens (tertiary/aromatic N) is 1. The monoisotopic (exact) mass is 208 g/mol. The molecule has 3 heteroatoms. The average molecular weight is 208 g/mol. The topological polar surface area (TPSA) is 24.9 Å². The number of aromatic nitrogens is 1. The van der Waals surface area contributed by atoms with Crippen LogP contribution in [0.2, 0.25) is 0 Å². The minimum absolute atomic E-state index is 0.265. The molecule has 2 rings (SSSR count). The summed E-state index contributed by atoms with van der Waals surface area (Å²) in [5, 5.41) is 3.11. The zero-order valence-electron chi connectivity index (χ0n) is 9.09. The van der Waals surface area contributed by atoms with E-state index in [0.717, 1.165) is 6.54 Å². The number of pyridine rings is 1. The van der Waals surface area contributed by atoms with Crippen LogP contribution >= 0.6 is 0 Å². The molecule has 1 aliphatic carbocycles. The molecule has 0 radical (unpaired) electrons. The summed E-state index contributed by atoms with van der Waals surface area (Å²) in [7, 11) is 0. The van der Waals surface area contributed by atoms with E-state index in [1.165, 1.54) is 31.7 Å². The van der Waals surface area contributed by atoms with Crippen molar-refractivity contribution in [2.45, 2.75) is 32.6 Å². The summed E-state index contributed by atoms with van der Waals surface area (Å²) in [6, 6.07) is 3.05. The highest BCUT2D eigenvalue weighted by molar-refractivity contribution is 5.35. The van der Waals surface area contributed by atoms with Gasteiger partial charge >= 0.3 is 0 Å². The Morgan fingerprint density at radius 3 is 2.87 bits per heavy atom. The van der Waals surface area contributed by atoms with Gasteiger partial charge in [-0.2, -0.15) is 0 Å². The summed E-state index contributed by atoms with van der Waals surface area (Å²) >= 11 is 0. The number of anilines is 1. The van der Waals surface area contributed by atoms with Crippen molar-refractivity contribution in [2.24, 2.45) is 5.41 Å². The van der Waals surface area contributed by atoms with Crippen molar-refractivity contribution in [3.63, 3.8) is 0 Å². The predicted octanol–water partition coefficient (Wildman–Crippen LogP) is 3.21. The van der Waals surface area contributed by atoms with E-state index in [-0.39, 0.29) is 5.82 Å². The molecule has 0 spiro atoms. The van der Waals surface area contributed by atoms with Gasteiger partial charge in [-0.25, -0.2) is 9.37 Å². The van der Waals surface area contributed by atoms with Crippen molar-refractivity contribution < 1.29 is 4.39 Å². The van der Waals surface area contributed by atoms with Gasteiger partial charge in [-0.3, -0.25) is 0 Å². The van der Waals surface area contributed by atoms with Crippen molar-refractivity contribution in [3.8, 4) is 0 Å². The lowest BCUT2D eigenvalue weighted by Gasteiger charge is -2.24. The standard InChI is InChI=1S/C12H17FN2/c1-12(6-2-3-7-12)9-15-11-10(13)5-4-8-14-11/h4-5,8H,2-3,6-7,9H2,1H3,(H,14,15). The van der Waals surface area contributed by atoms with Crippen LogP contribution in [-0.2, 0) is 0 Å². The third-order valence-electron chi connectivity index (χ3n) is 3.25. The second-order valence-corrected chi connectivity index (χ2v) is 4.71. The van der Waals surface area contributed by atoms with Gasteiger partial charge in [0.15, 0.2) is 11.6 Å². The van der Waals surface area contributed by atoms with Gasteiger partial charge in [-0.1, -0.05) is 19.8 Å². The molecule has 1 fully saturated rings. The van der Waals surface area contributed by atoms with E-state index in [1.54, 1.807) is 12.3 Å². The third kappa shape index (κ3) is 2.46. The highest BCUT2D eigenvalue weighted by Gasteiger charge is 2.28. The molecule has 2 nitrogen and oxygen atoms in total. The van der Waals surface area contributed by atoms with Crippen LogP contribution in [0, 0.1) is 11.2 Å². The Morgan fingerprint density at radius 1 is 1.47 bits per heavy atom. The largest absolute Gasteiger partial charge is 0.367 e. The molecule has 0 aromatic carbocycles. The zero-order chi connectivity index (χ0) is 10.7. The fourth-order valence-electron chi connectivity index (χ4n) is 2.22. The van der Waals surface area contributed by atoms with Crippen LogP contribution in [-0.4, -0.2) is 11.5 Å². The van der Waals surface area contributed by atoms with E-state index in [0.29, 0.717) is 11.2 Å². The molecule has 1 heterocycles. The highest BCUT2D eigenvalue weighted by atomic mass is 19.1. The maximum absolute atomic E-state index is 13.3. The minimum atomic E-state index is -0.265. The van der Waals surface area contributed by atoms with Crippen LogP contribution in [0.3, 0.4) is 0 Å². The van der Waals surface area contributed by atoms with Gasteiger partial charge in [0.1, 0.15) is 0 Å². The van der Waals surface area contributed by atoms with Crippen LogP contribution in [0.25, 0.3) is 0 Å². The summed E-state index contributed by atoms with van der Waals surface area (Å²) in [6.45, 7) is 3.08. The maximum atomic E-state index is 13.3. The van der Waals surface area contributed by atoms with Gasteiger partial charge in [0.2, 0.25) is 0 Å². The van der Waals surface area contributed by atoms with Crippen molar-refractivity contribution in [1.82, 2.24) is 4.98 Å². The number of halogens is 1. The van der Waals surface area contributed by atoms with E-state index >= 15 is 0 Å². The first-order chi connectivity index (χ1) is 7.20. The Balaban J connectivity index is 1.95. The SMILES string of the molecule is CC1(CNc2ncccc2F)CCCC1. The molecular weight excluding hydrogens is 191 g/mol. The number of hydrogen-bond acceptors (Lipinski definition) is 2. The molecular formula is C12H17FN2. The van der Waals surface area contributed by atoms with E-state index < -0.39 is 0 Å². The van der Waals surface area contributed by atoms with E-state index in [4.69, 9.17) is 0 Å². The number of hydrogen-bond donors (Lipinski definition) is 1. The number of rotatable bonds is 3. The Bertz CT molecular complexity index is 332. The summed E-state index contributed by atoms with van der Waals surface area (Å²) in [5.41, 5.74) is 0.323. The first-order valence-electron chi connectivity index (χ1n) is 5.54. The van der Waals surface area contributed by atoms with Gasteiger partial charge in [0, 0.05) is 12.7 Å². The molecule has 82 valence electrons. The van der Waals surface area contributed by atoms with Crippen molar-refractivity contribution >= 4 is 5.82 Å². The minimum Gasteiger partial charge on any atom is -0.367 e. The number of nitrogens with one attached hydrogen (secondary N) is 1. The average Bonchev–Trinajstić information content (AvgIpc) is 2.65.